The fraction of sp³-hybridized carbons (Fsp3) is 0.316. The van der Waals surface area contributed by atoms with Crippen molar-refractivity contribution in [2.45, 2.75) is 19.8 Å². The lowest BCUT2D eigenvalue weighted by molar-refractivity contribution is 0.102. The van der Waals surface area contributed by atoms with Gasteiger partial charge in [-0.05, 0) is 61.2 Å². The molecule has 4 nitrogen and oxygen atoms in total. The molecule has 0 spiro atoms. The summed E-state index contributed by atoms with van der Waals surface area (Å²) < 4.78 is 0.948. The molecule has 2 aromatic carbocycles. The molecule has 1 aliphatic heterocycles. The Labute approximate surface area is 151 Å². The predicted octanol–water partition coefficient (Wildman–Crippen LogP) is 4.52. The van der Waals surface area contributed by atoms with E-state index in [4.69, 9.17) is 5.73 Å². The van der Waals surface area contributed by atoms with Crippen molar-refractivity contribution in [1.29, 1.82) is 0 Å². The molecule has 1 saturated heterocycles. The lowest BCUT2D eigenvalue weighted by atomic mass is 9.98. The Balaban J connectivity index is 1.70. The minimum absolute atomic E-state index is 0.138. The van der Waals surface area contributed by atoms with Crippen LogP contribution in [0, 0.1) is 5.92 Å². The molecular formula is C19H22BrN3O. The van der Waals surface area contributed by atoms with Gasteiger partial charge in [0, 0.05) is 28.8 Å². The summed E-state index contributed by atoms with van der Waals surface area (Å²) in [6.45, 7) is 4.37. The lowest BCUT2D eigenvalue weighted by Crippen LogP contribution is -2.33. The van der Waals surface area contributed by atoms with Crippen molar-refractivity contribution in [3.8, 4) is 0 Å². The number of rotatable bonds is 3. The SMILES string of the molecule is CC1CCN(c2ccc(NC(=O)c3ccc(Br)cc3)cc2N)CC1. The molecule has 0 aromatic heterocycles. The first-order valence-electron chi connectivity index (χ1n) is 8.24. The number of nitrogens with two attached hydrogens (primary N) is 1. The average Bonchev–Trinajstić information content (AvgIpc) is 2.57. The molecule has 1 amide bonds. The van der Waals surface area contributed by atoms with Crippen LogP contribution in [0.15, 0.2) is 46.9 Å². The number of amides is 1. The molecule has 1 aliphatic rings. The van der Waals surface area contributed by atoms with Crippen molar-refractivity contribution in [2.75, 3.05) is 29.0 Å². The zero-order valence-electron chi connectivity index (χ0n) is 13.8. The van der Waals surface area contributed by atoms with Gasteiger partial charge in [-0.2, -0.15) is 0 Å². The Morgan fingerprint density at radius 1 is 1.17 bits per heavy atom. The molecule has 0 bridgehead atoms. The van der Waals surface area contributed by atoms with Crippen LogP contribution in [0.4, 0.5) is 17.1 Å². The van der Waals surface area contributed by atoms with Crippen molar-refractivity contribution in [2.24, 2.45) is 5.92 Å². The van der Waals surface area contributed by atoms with Crippen LogP contribution in [0.5, 0.6) is 0 Å². The number of halogens is 1. The van der Waals surface area contributed by atoms with Gasteiger partial charge < -0.3 is 16.0 Å². The number of carbonyl (C=O) groups is 1. The summed E-state index contributed by atoms with van der Waals surface area (Å²) >= 11 is 3.37. The molecule has 0 atom stereocenters. The highest BCUT2D eigenvalue weighted by Gasteiger charge is 2.18. The molecule has 24 heavy (non-hydrogen) atoms. The van der Waals surface area contributed by atoms with E-state index in [9.17, 15) is 4.79 Å². The third-order valence-corrected chi connectivity index (χ3v) is 5.04. The summed E-state index contributed by atoms with van der Waals surface area (Å²) in [5.74, 6) is 0.647. The number of nitrogen functional groups attached to an aromatic ring is 1. The summed E-state index contributed by atoms with van der Waals surface area (Å²) in [7, 11) is 0. The third kappa shape index (κ3) is 3.90. The standard InChI is InChI=1S/C19H22BrN3O/c1-13-8-10-23(11-9-13)18-7-6-16(12-17(18)21)22-19(24)14-2-4-15(20)5-3-14/h2-7,12-13H,8-11,21H2,1H3,(H,22,24). The van der Waals surface area contributed by atoms with Crippen molar-refractivity contribution >= 4 is 38.9 Å². The van der Waals surface area contributed by atoms with Gasteiger partial charge in [0.25, 0.3) is 5.91 Å². The van der Waals surface area contributed by atoms with E-state index in [0.29, 0.717) is 11.3 Å². The topological polar surface area (TPSA) is 58.4 Å². The Hall–Kier alpha value is -2.01. The van der Waals surface area contributed by atoms with Gasteiger partial charge in [0.15, 0.2) is 0 Å². The normalized spacial score (nSPS) is 15.3. The van der Waals surface area contributed by atoms with Gasteiger partial charge >= 0.3 is 0 Å². The van der Waals surface area contributed by atoms with Crippen LogP contribution in [0.3, 0.4) is 0 Å². The van der Waals surface area contributed by atoms with Crippen LogP contribution in [0.2, 0.25) is 0 Å². The van der Waals surface area contributed by atoms with E-state index in [1.54, 1.807) is 12.1 Å². The molecule has 0 aliphatic carbocycles. The largest absolute Gasteiger partial charge is 0.397 e. The van der Waals surface area contributed by atoms with E-state index in [1.165, 1.54) is 12.8 Å². The monoisotopic (exact) mass is 387 g/mol. The molecule has 3 rings (SSSR count). The zero-order valence-corrected chi connectivity index (χ0v) is 15.3. The van der Waals surface area contributed by atoms with Crippen LogP contribution in [0.1, 0.15) is 30.1 Å². The number of benzene rings is 2. The minimum atomic E-state index is -0.138. The summed E-state index contributed by atoms with van der Waals surface area (Å²) in [5, 5.41) is 2.90. The van der Waals surface area contributed by atoms with Crippen LogP contribution in [0.25, 0.3) is 0 Å². The van der Waals surface area contributed by atoms with Gasteiger partial charge in [-0.1, -0.05) is 22.9 Å². The van der Waals surface area contributed by atoms with Gasteiger partial charge in [0.05, 0.1) is 11.4 Å². The Bertz CT molecular complexity index is 722. The number of hydrogen-bond donors (Lipinski definition) is 2. The highest BCUT2D eigenvalue weighted by atomic mass is 79.9. The van der Waals surface area contributed by atoms with Crippen LogP contribution in [-0.4, -0.2) is 19.0 Å². The van der Waals surface area contributed by atoms with E-state index >= 15 is 0 Å². The summed E-state index contributed by atoms with van der Waals surface area (Å²) in [6, 6.07) is 13.0. The molecule has 0 saturated carbocycles. The molecule has 0 radical (unpaired) electrons. The van der Waals surface area contributed by atoms with E-state index in [1.807, 2.05) is 30.3 Å². The smallest absolute Gasteiger partial charge is 0.255 e. The van der Waals surface area contributed by atoms with E-state index < -0.39 is 0 Å². The molecule has 126 valence electrons. The molecule has 1 heterocycles. The Kier molecular flexibility index (Phi) is 5.09. The number of piperidine rings is 1. The van der Waals surface area contributed by atoms with Crippen molar-refractivity contribution in [3.63, 3.8) is 0 Å². The number of anilines is 3. The maximum atomic E-state index is 12.3. The van der Waals surface area contributed by atoms with Gasteiger partial charge in [0.1, 0.15) is 0 Å². The van der Waals surface area contributed by atoms with Crippen molar-refractivity contribution in [1.82, 2.24) is 0 Å². The molecular weight excluding hydrogens is 366 g/mol. The fourth-order valence-electron chi connectivity index (χ4n) is 2.97. The van der Waals surface area contributed by atoms with Gasteiger partial charge in [-0.15, -0.1) is 0 Å². The Morgan fingerprint density at radius 3 is 2.46 bits per heavy atom. The molecule has 1 fully saturated rings. The first-order chi connectivity index (χ1) is 11.5. The number of carbonyl (C=O) groups excluding carboxylic acids is 1. The second-order valence-electron chi connectivity index (χ2n) is 6.40. The van der Waals surface area contributed by atoms with E-state index in [2.05, 4.69) is 33.1 Å². The summed E-state index contributed by atoms with van der Waals surface area (Å²) in [6.07, 6.45) is 2.39. The summed E-state index contributed by atoms with van der Waals surface area (Å²) in [4.78, 5) is 14.6. The highest BCUT2D eigenvalue weighted by Crippen LogP contribution is 2.30. The maximum absolute atomic E-state index is 12.3. The van der Waals surface area contributed by atoms with Crippen LogP contribution < -0.4 is 16.0 Å². The number of hydrogen-bond acceptors (Lipinski definition) is 3. The first kappa shape index (κ1) is 16.8. The summed E-state index contributed by atoms with van der Waals surface area (Å²) in [5.41, 5.74) is 9.32. The van der Waals surface area contributed by atoms with Gasteiger partial charge in [0.2, 0.25) is 0 Å². The fourth-order valence-corrected chi connectivity index (χ4v) is 3.24. The van der Waals surface area contributed by atoms with Gasteiger partial charge in [-0.3, -0.25) is 4.79 Å². The molecule has 3 N–H and O–H groups in total. The molecule has 0 unspecified atom stereocenters. The second-order valence-corrected chi connectivity index (χ2v) is 7.32. The van der Waals surface area contributed by atoms with Crippen LogP contribution in [-0.2, 0) is 0 Å². The molecule has 5 heteroatoms. The quantitative estimate of drug-likeness (QED) is 0.761. The highest BCUT2D eigenvalue weighted by molar-refractivity contribution is 9.10. The average molecular weight is 388 g/mol. The van der Waals surface area contributed by atoms with E-state index in [-0.39, 0.29) is 5.91 Å². The second kappa shape index (κ2) is 7.26. The van der Waals surface area contributed by atoms with Crippen molar-refractivity contribution in [3.05, 3.63) is 52.5 Å². The minimum Gasteiger partial charge on any atom is -0.397 e. The van der Waals surface area contributed by atoms with E-state index in [0.717, 1.165) is 34.9 Å². The van der Waals surface area contributed by atoms with Crippen LogP contribution >= 0.6 is 15.9 Å². The predicted molar refractivity (Wildman–Crippen MR) is 104 cm³/mol. The maximum Gasteiger partial charge on any atom is 0.255 e. The Morgan fingerprint density at radius 2 is 1.83 bits per heavy atom. The third-order valence-electron chi connectivity index (χ3n) is 4.52. The molecule has 2 aromatic rings. The number of nitrogens with zero attached hydrogens (tertiary/aromatic N) is 1. The van der Waals surface area contributed by atoms with Gasteiger partial charge in [-0.25, -0.2) is 0 Å². The lowest BCUT2D eigenvalue weighted by Gasteiger charge is -2.33. The number of nitrogens with one attached hydrogen (secondary N) is 1. The zero-order chi connectivity index (χ0) is 17.1. The van der Waals surface area contributed by atoms with Crippen molar-refractivity contribution < 1.29 is 4.79 Å². The first-order valence-corrected chi connectivity index (χ1v) is 9.03.